The van der Waals surface area contributed by atoms with Gasteiger partial charge in [0.25, 0.3) is 5.06 Å². The van der Waals surface area contributed by atoms with Gasteiger partial charge in [0, 0.05) is 10.9 Å². The topological polar surface area (TPSA) is 72.6 Å². The summed E-state index contributed by atoms with van der Waals surface area (Å²) >= 11 is 6.96. The lowest BCUT2D eigenvalue weighted by Crippen LogP contribution is -1.89. The molecule has 0 spiro atoms. The summed E-state index contributed by atoms with van der Waals surface area (Å²) in [6.07, 6.45) is -0.785. The number of aliphatic hydroxyl groups excluding tert-OH is 1. The van der Waals surface area contributed by atoms with Crippen molar-refractivity contribution in [3.05, 3.63) is 50.3 Å². The van der Waals surface area contributed by atoms with Crippen LogP contribution in [-0.2, 0) is 0 Å². The van der Waals surface area contributed by atoms with E-state index in [1.54, 1.807) is 24.3 Å². The molecule has 1 aromatic carbocycles. The van der Waals surface area contributed by atoms with Crippen LogP contribution in [-0.4, -0.2) is 10.0 Å². The number of hydrogen-bond acceptors (Lipinski definition) is 5. The zero-order valence-electron chi connectivity index (χ0n) is 9.87. The van der Waals surface area contributed by atoms with Crippen molar-refractivity contribution >= 4 is 28.6 Å². The van der Waals surface area contributed by atoms with Crippen LogP contribution < -0.4 is 4.74 Å². The predicted octanol–water partition coefficient (Wildman–Crippen LogP) is 4.16. The molecule has 0 aliphatic carbocycles. The van der Waals surface area contributed by atoms with Gasteiger partial charge in [-0.25, -0.2) is 0 Å². The van der Waals surface area contributed by atoms with Gasteiger partial charge in [0.1, 0.15) is 5.75 Å². The molecule has 1 aromatic heterocycles. The summed E-state index contributed by atoms with van der Waals surface area (Å²) in [6, 6.07) is 8.01. The van der Waals surface area contributed by atoms with Crippen LogP contribution >= 0.6 is 22.9 Å². The maximum Gasteiger partial charge on any atom is 0.323 e. The van der Waals surface area contributed by atoms with Crippen molar-refractivity contribution in [3.8, 4) is 10.8 Å². The van der Waals surface area contributed by atoms with Crippen molar-refractivity contribution < 1.29 is 14.8 Å². The number of ether oxygens (including phenoxy) is 1. The lowest BCUT2D eigenvalue weighted by Gasteiger charge is -2.04. The van der Waals surface area contributed by atoms with Gasteiger partial charge < -0.3 is 9.84 Å². The highest BCUT2D eigenvalue weighted by atomic mass is 35.5. The van der Waals surface area contributed by atoms with Crippen LogP contribution in [0.15, 0.2) is 30.3 Å². The molecule has 0 aliphatic heterocycles. The Morgan fingerprint density at radius 3 is 2.74 bits per heavy atom. The minimum atomic E-state index is -0.785. The third-order valence-electron chi connectivity index (χ3n) is 2.35. The normalized spacial score (nSPS) is 12.2. The molecule has 1 atom stereocenters. The highest BCUT2D eigenvalue weighted by Crippen LogP contribution is 2.43. The van der Waals surface area contributed by atoms with Gasteiger partial charge in [-0.3, -0.25) is 10.1 Å². The number of halogens is 1. The molecular formula is C12H10ClNO4S. The van der Waals surface area contributed by atoms with E-state index in [1.165, 1.54) is 13.0 Å². The largest absolute Gasteiger partial charge is 0.438 e. The van der Waals surface area contributed by atoms with Crippen LogP contribution in [0.5, 0.6) is 10.8 Å². The Morgan fingerprint density at radius 2 is 2.16 bits per heavy atom. The summed E-state index contributed by atoms with van der Waals surface area (Å²) in [5.41, 5.74) is -0.180. The standard InChI is InChI=1S/C12H10ClNO4S/c1-7(15)11-6-9(14(16)17)12(19-11)18-10-5-3-2-4-8(10)13/h2-7,15H,1H3/t7-/m1/s1. The second-order valence-electron chi connectivity index (χ2n) is 3.79. The van der Waals surface area contributed by atoms with Crippen molar-refractivity contribution in [2.24, 2.45) is 0 Å². The fourth-order valence-electron chi connectivity index (χ4n) is 1.42. The summed E-state index contributed by atoms with van der Waals surface area (Å²) < 4.78 is 5.47. The summed E-state index contributed by atoms with van der Waals surface area (Å²) in [4.78, 5) is 10.9. The van der Waals surface area contributed by atoms with Crippen molar-refractivity contribution in [2.75, 3.05) is 0 Å². The highest BCUT2D eigenvalue weighted by molar-refractivity contribution is 7.14. The fourth-order valence-corrected chi connectivity index (χ4v) is 2.52. The number of hydrogen-bond donors (Lipinski definition) is 1. The van der Waals surface area contributed by atoms with Crippen molar-refractivity contribution in [3.63, 3.8) is 0 Å². The highest BCUT2D eigenvalue weighted by Gasteiger charge is 2.23. The molecule has 0 unspecified atom stereocenters. The predicted molar refractivity (Wildman–Crippen MR) is 73.1 cm³/mol. The Morgan fingerprint density at radius 1 is 1.47 bits per heavy atom. The Labute approximate surface area is 118 Å². The molecule has 0 saturated carbocycles. The molecule has 1 heterocycles. The number of rotatable bonds is 4. The summed E-state index contributed by atoms with van der Waals surface area (Å²) in [6.45, 7) is 1.54. The average Bonchev–Trinajstić information content (AvgIpc) is 2.76. The Kier molecular flexibility index (Phi) is 4.04. The van der Waals surface area contributed by atoms with Crippen LogP contribution in [0.1, 0.15) is 17.9 Å². The van der Waals surface area contributed by atoms with E-state index in [4.69, 9.17) is 16.3 Å². The van der Waals surface area contributed by atoms with E-state index in [-0.39, 0.29) is 10.8 Å². The third kappa shape index (κ3) is 3.04. The lowest BCUT2D eigenvalue weighted by atomic mass is 10.3. The Balaban J connectivity index is 2.39. The van der Waals surface area contributed by atoms with Crippen LogP contribution in [0, 0.1) is 10.1 Å². The number of para-hydroxylation sites is 1. The van der Waals surface area contributed by atoms with E-state index in [2.05, 4.69) is 0 Å². The first-order chi connectivity index (χ1) is 8.99. The number of thiophene rings is 1. The zero-order valence-corrected chi connectivity index (χ0v) is 11.4. The van der Waals surface area contributed by atoms with Crippen LogP contribution in [0.4, 0.5) is 5.69 Å². The van der Waals surface area contributed by atoms with Gasteiger partial charge >= 0.3 is 5.69 Å². The van der Waals surface area contributed by atoms with Crippen LogP contribution in [0.3, 0.4) is 0 Å². The molecule has 0 fully saturated rings. The molecule has 7 heteroatoms. The third-order valence-corrected chi connectivity index (χ3v) is 3.83. The molecule has 2 aromatic rings. The summed E-state index contributed by atoms with van der Waals surface area (Å²) in [5, 5.41) is 20.9. The van der Waals surface area contributed by atoms with Crippen molar-refractivity contribution in [1.29, 1.82) is 0 Å². The minimum Gasteiger partial charge on any atom is -0.438 e. The molecule has 2 rings (SSSR count). The van der Waals surface area contributed by atoms with Gasteiger partial charge in [-0.15, -0.1) is 0 Å². The first-order valence-electron chi connectivity index (χ1n) is 5.37. The molecule has 0 aliphatic rings. The molecule has 5 nitrogen and oxygen atoms in total. The van der Waals surface area contributed by atoms with Crippen molar-refractivity contribution in [2.45, 2.75) is 13.0 Å². The van der Waals surface area contributed by atoms with E-state index >= 15 is 0 Å². The molecule has 0 saturated heterocycles. The monoisotopic (exact) mass is 299 g/mol. The maximum atomic E-state index is 11.0. The van der Waals surface area contributed by atoms with Gasteiger partial charge in [-0.1, -0.05) is 35.1 Å². The SMILES string of the molecule is C[C@@H](O)c1cc([N+](=O)[O-])c(Oc2ccccc2Cl)s1. The molecule has 19 heavy (non-hydrogen) atoms. The van der Waals surface area contributed by atoms with Gasteiger partial charge in [0.2, 0.25) is 0 Å². The van der Waals surface area contributed by atoms with Gasteiger partial charge in [0.05, 0.1) is 16.0 Å². The number of aliphatic hydroxyl groups is 1. The molecule has 0 radical (unpaired) electrons. The van der Waals surface area contributed by atoms with E-state index in [1.807, 2.05) is 0 Å². The molecule has 100 valence electrons. The molecule has 0 amide bonds. The fraction of sp³-hybridized carbons (Fsp3) is 0.167. The van der Waals surface area contributed by atoms with E-state index in [0.29, 0.717) is 15.6 Å². The van der Waals surface area contributed by atoms with Gasteiger partial charge in [-0.05, 0) is 19.1 Å². The first kappa shape index (κ1) is 13.8. The maximum absolute atomic E-state index is 11.0. The minimum absolute atomic E-state index is 0.106. The van der Waals surface area contributed by atoms with Crippen LogP contribution in [0.2, 0.25) is 5.02 Å². The van der Waals surface area contributed by atoms with E-state index in [9.17, 15) is 15.2 Å². The number of benzene rings is 1. The van der Waals surface area contributed by atoms with Gasteiger partial charge in [0.15, 0.2) is 0 Å². The van der Waals surface area contributed by atoms with E-state index in [0.717, 1.165) is 11.3 Å². The van der Waals surface area contributed by atoms with Crippen molar-refractivity contribution in [1.82, 2.24) is 0 Å². The Bertz CT molecular complexity index is 612. The molecule has 0 bridgehead atoms. The zero-order chi connectivity index (χ0) is 14.0. The average molecular weight is 300 g/mol. The first-order valence-corrected chi connectivity index (χ1v) is 6.57. The number of nitro groups is 1. The van der Waals surface area contributed by atoms with E-state index < -0.39 is 11.0 Å². The molecule has 1 N–H and O–H groups in total. The molecular weight excluding hydrogens is 290 g/mol. The lowest BCUT2D eigenvalue weighted by molar-refractivity contribution is -0.385. The smallest absolute Gasteiger partial charge is 0.323 e. The van der Waals surface area contributed by atoms with Gasteiger partial charge in [-0.2, -0.15) is 0 Å². The number of nitrogens with zero attached hydrogens (tertiary/aromatic N) is 1. The second-order valence-corrected chi connectivity index (χ2v) is 5.24. The quantitative estimate of drug-likeness (QED) is 0.679. The summed E-state index contributed by atoms with van der Waals surface area (Å²) in [5.74, 6) is 0.339. The summed E-state index contributed by atoms with van der Waals surface area (Å²) in [7, 11) is 0. The van der Waals surface area contributed by atoms with Crippen LogP contribution in [0.25, 0.3) is 0 Å². The Hall–Kier alpha value is -1.63. The second kappa shape index (κ2) is 5.56.